The molecule has 3 aromatic carbocycles. The first-order chi connectivity index (χ1) is 14.9. The minimum absolute atomic E-state index is 0.0911. The average Bonchev–Trinajstić information content (AvgIpc) is 2.79. The van der Waals surface area contributed by atoms with E-state index in [1.807, 2.05) is 48.5 Å². The molecule has 2 N–H and O–H groups in total. The highest BCUT2D eigenvalue weighted by Crippen LogP contribution is 2.31. The van der Waals surface area contributed by atoms with Crippen LogP contribution < -0.4 is 4.74 Å². The third-order valence-corrected chi connectivity index (χ3v) is 5.89. The van der Waals surface area contributed by atoms with Crippen LogP contribution in [-0.4, -0.2) is 51.8 Å². The topological polar surface area (TPSA) is 87.1 Å². The van der Waals surface area contributed by atoms with Crippen molar-refractivity contribution in [3.05, 3.63) is 78.4 Å². The van der Waals surface area contributed by atoms with Crippen molar-refractivity contribution in [2.24, 2.45) is 0 Å². The number of carbonyl (C=O) groups is 2. The third-order valence-electron chi connectivity index (χ3n) is 5.89. The molecule has 1 fully saturated rings. The second kappa shape index (κ2) is 8.78. The molecule has 3 aromatic rings. The largest absolute Gasteiger partial charge is 0.487 e. The van der Waals surface area contributed by atoms with Crippen LogP contribution in [-0.2, 0) is 4.79 Å². The number of carboxylic acid groups (broad SMARTS) is 1. The Hall–Kier alpha value is -3.38. The summed E-state index contributed by atoms with van der Waals surface area (Å²) in [4.78, 5) is 26.1. The maximum Gasteiger partial charge on any atom is 0.307 e. The molecule has 0 saturated carbocycles. The number of amides is 1. The monoisotopic (exact) mass is 419 g/mol. The average molecular weight is 419 g/mol. The molecule has 1 amide bonds. The fraction of sp³-hybridized carbons (Fsp3) is 0.280. The molecule has 0 spiro atoms. The number of likely N-dealkylation sites (tertiary alicyclic amines) is 1. The van der Waals surface area contributed by atoms with E-state index in [0.717, 1.165) is 10.8 Å². The summed E-state index contributed by atoms with van der Waals surface area (Å²) in [5.41, 5.74) is -0.722. The molecule has 6 nitrogen and oxygen atoms in total. The molecule has 0 radical (unpaired) electrons. The van der Waals surface area contributed by atoms with Gasteiger partial charge in [-0.15, -0.1) is 0 Å². The lowest BCUT2D eigenvalue weighted by molar-refractivity contribution is -0.147. The molecule has 0 bridgehead atoms. The number of rotatable bonds is 6. The van der Waals surface area contributed by atoms with Crippen LogP contribution in [0, 0.1) is 0 Å². The van der Waals surface area contributed by atoms with Crippen LogP contribution in [0.5, 0.6) is 5.75 Å². The molecule has 0 aromatic heterocycles. The van der Waals surface area contributed by atoms with Gasteiger partial charge in [0.05, 0.1) is 6.42 Å². The molecule has 1 atom stereocenters. The highest BCUT2D eigenvalue weighted by atomic mass is 16.5. The van der Waals surface area contributed by atoms with Gasteiger partial charge in [0.15, 0.2) is 0 Å². The van der Waals surface area contributed by atoms with E-state index in [-0.39, 0.29) is 25.2 Å². The molecular weight excluding hydrogens is 394 g/mol. The van der Waals surface area contributed by atoms with Crippen molar-refractivity contribution in [1.29, 1.82) is 0 Å². The van der Waals surface area contributed by atoms with Gasteiger partial charge in [-0.1, -0.05) is 48.5 Å². The van der Waals surface area contributed by atoms with Gasteiger partial charge >= 0.3 is 5.97 Å². The summed E-state index contributed by atoms with van der Waals surface area (Å²) < 4.78 is 5.86. The number of nitrogens with zero attached hydrogens (tertiary/aromatic N) is 1. The first-order valence-corrected chi connectivity index (χ1v) is 10.4. The van der Waals surface area contributed by atoms with Crippen LogP contribution in [0.3, 0.4) is 0 Å². The molecule has 160 valence electrons. The van der Waals surface area contributed by atoms with Gasteiger partial charge in [0.25, 0.3) is 5.91 Å². The van der Waals surface area contributed by atoms with Crippen molar-refractivity contribution >= 4 is 22.6 Å². The molecule has 6 heteroatoms. The highest BCUT2D eigenvalue weighted by molar-refractivity contribution is 5.98. The summed E-state index contributed by atoms with van der Waals surface area (Å²) in [7, 11) is 0. The lowest BCUT2D eigenvalue weighted by Crippen LogP contribution is -2.55. The Kier molecular flexibility index (Phi) is 5.91. The van der Waals surface area contributed by atoms with Gasteiger partial charge in [-0.2, -0.15) is 0 Å². The van der Waals surface area contributed by atoms with Gasteiger partial charge in [0, 0.05) is 18.7 Å². The van der Waals surface area contributed by atoms with Crippen molar-refractivity contribution in [3.8, 4) is 5.75 Å². The molecule has 4 rings (SSSR count). The van der Waals surface area contributed by atoms with Crippen LogP contribution in [0.2, 0.25) is 0 Å². The Morgan fingerprint density at radius 1 is 0.935 bits per heavy atom. The van der Waals surface area contributed by atoms with E-state index in [2.05, 4.69) is 0 Å². The predicted octanol–water partition coefficient (Wildman–Crippen LogP) is 3.73. The van der Waals surface area contributed by atoms with Crippen LogP contribution >= 0.6 is 0 Å². The van der Waals surface area contributed by atoms with Crippen molar-refractivity contribution in [1.82, 2.24) is 4.90 Å². The number of piperidine rings is 1. The zero-order valence-electron chi connectivity index (χ0n) is 17.1. The summed E-state index contributed by atoms with van der Waals surface area (Å²) in [6.07, 6.45) is -0.719. The SMILES string of the molecule is O=C(O)CC(Oc1ccccc1)C1(O)CCN(C(=O)c2ccc3ccccc3c2)CC1. The van der Waals surface area contributed by atoms with E-state index >= 15 is 0 Å². The summed E-state index contributed by atoms with van der Waals surface area (Å²) >= 11 is 0. The Morgan fingerprint density at radius 2 is 1.58 bits per heavy atom. The first-order valence-electron chi connectivity index (χ1n) is 10.4. The summed E-state index contributed by atoms with van der Waals surface area (Å²) in [6.45, 7) is 0.660. The molecule has 1 heterocycles. The quantitative estimate of drug-likeness (QED) is 0.636. The summed E-state index contributed by atoms with van der Waals surface area (Å²) in [5.74, 6) is -0.618. The van der Waals surface area contributed by atoms with Gasteiger partial charge in [-0.25, -0.2) is 0 Å². The van der Waals surface area contributed by atoms with Crippen molar-refractivity contribution in [2.75, 3.05) is 13.1 Å². The summed E-state index contributed by atoms with van der Waals surface area (Å²) in [6, 6.07) is 22.4. The number of ether oxygens (including phenoxy) is 1. The number of carbonyl (C=O) groups excluding carboxylic acids is 1. The number of carboxylic acids is 1. The maximum absolute atomic E-state index is 13.0. The highest BCUT2D eigenvalue weighted by Gasteiger charge is 2.43. The Morgan fingerprint density at radius 3 is 2.26 bits per heavy atom. The first kappa shape index (κ1) is 20.9. The zero-order valence-corrected chi connectivity index (χ0v) is 17.1. The fourth-order valence-electron chi connectivity index (χ4n) is 4.09. The Bertz CT molecular complexity index is 1070. The third kappa shape index (κ3) is 4.70. The summed E-state index contributed by atoms with van der Waals surface area (Å²) in [5, 5.41) is 22.6. The zero-order chi connectivity index (χ0) is 21.8. The number of para-hydroxylation sites is 1. The normalized spacial score (nSPS) is 16.6. The van der Waals surface area contributed by atoms with E-state index < -0.39 is 17.7 Å². The van der Waals surface area contributed by atoms with E-state index in [1.165, 1.54) is 0 Å². The van der Waals surface area contributed by atoms with Crippen molar-refractivity contribution in [3.63, 3.8) is 0 Å². The van der Waals surface area contributed by atoms with E-state index in [9.17, 15) is 19.8 Å². The standard InChI is InChI=1S/C25H25NO5/c27-23(28)17-22(31-21-8-2-1-3-9-21)25(30)12-14-26(15-13-25)24(29)20-11-10-18-6-4-5-7-19(18)16-20/h1-11,16,22,30H,12-15,17H2,(H,27,28). The number of hydrogen-bond donors (Lipinski definition) is 2. The molecular formula is C25H25NO5. The van der Waals surface area contributed by atoms with Gasteiger partial charge in [-0.3, -0.25) is 9.59 Å². The molecule has 1 saturated heterocycles. The number of benzene rings is 3. The number of aliphatic carboxylic acids is 1. The van der Waals surface area contributed by atoms with Gasteiger partial charge in [-0.05, 0) is 47.9 Å². The van der Waals surface area contributed by atoms with Crippen molar-refractivity contribution in [2.45, 2.75) is 31.0 Å². The number of aliphatic hydroxyl groups is 1. The predicted molar refractivity (Wildman–Crippen MR) is 117 cm³/mol. The molecule has 1 aliphatic rings. The second-order valence-corrected chi connectivity index (χ2v) is 7.98. The van der Waals surface area contributed by atoms with Crippen LogP contribution in [0.15, 0.2) is 72.8 Å². The van der Waals surface area contributed by atoms with Gasteiger partial charge in [0.2, 0.25) is 0 Å². The Labute approximate surface area is 180 Å². The number of hydrogen-bond acceptors (Lipinski definition) is 4. The maximum atomic E-state index is 13.0. The molecule has 0 aliphatic carbocycles. The lowest BCUT2D eigenvalue weighted by atomic mass is 9.84. The smallest absolute Gasteiger partial charge is 0.307 e. The van der Waals surface area contributed by atoms with Crippen LogP contribution in [0.1, 0.15) is 29.6 Å². The lowest BCUT2D eigenvalue weighted by Gasteiger charge is -2.42. The van der Waals surface area contributed by atoms with Crippen LogP contribution in [0.25, 0.3) is 10.8 Å². The van der Waals surface area contributed by atoms with Gasteiger partial charge in [0.1, 0.15) is 17.5 Å². The van der Waals surface area contributed by atoms with E-state index in [1.54, 1.807) is 29.2 Å². The fourth-order valence-corrected chi connectivity index (χ4v) is 4.09. The Balaban J connectivity index is 1.46. The van der Waals surface area contributed by atoms with Crippen molar-refractivity contribution < 1.29 is 24.5 Å². The van der Waals surface area contributed by atoms with Crippen LogP contribution in [0.4, 0.5) is 0 Å². The number of fused-ring (bicyclic) bond motifs is 1. The molecule has 1 aliphatic heterocycles. The van der Waals surface area contributed by atoms with Gasteiger partial charge < -0.3 is 19.8 Å². The molecule has 31 heavy (non-hydrogen) atoms. The van der Waals surface area contributed by atoms with E-state index in [0.29, 0.717) is 24.4 Å². The minimum atomic E-state index is -1.33. The van der Waals surface area contributed by atoms with E-state index in [4.69, 9.17) is 4.74 Å². The second-order valence-electron chi connectivity index (χ2n) is 7.98. The minimum Gasteiger partial charge on any atom is -0.487 e. The molecule has 1 unspecified atom stereocenters.